The van der Waals surface area contributed by atoms with Crippen LogP contribution in [0, 0.1) is 11.8 Å². The van der Waals surface area contributed by atoms with Gasteiger partial charge in [0.25, 0.3) is 0 Å². The predicted molar refractivity (Wildman–Crippen MR) is 97.4 cm³/mol. The van der Waals surface area contributed by atoms with Crippen LogP contribution in [-0.4, -0.2) is 96.1 Å². The first-order valence-corrected chi connectivity index (χ1v) is 9.99. The molecule has 0 amide bonds. The van der Waals surface area contributed by atoms with Crippen LogP contribution >= 0.6 is 0 Å². The van der Waals surface area contributed by atoms with Crippen LogP contribution < -0.4 is 0 Å². The Hall–Kier alpha value is -1.31. The van der Waals surface area contributed by atoms with E-state index in [1.54, 1.807) is 6.92 Å². The summed E-state index contributed by atoms with van der Waals surface area (Å²) in [6.07, 6.45) is -7.51. The van der Waals surface area contributed by atoms with Crippen molar-refractivity contribution in [2.24, 2.45) is 11.8 Å². The first-order valence-electron chi connectivity index (χ1n) is 9.99. The van der Waals surface area contributed by atoms with Crippen LogP contribution in [0.3, 0.4) is 0 Å². The maximum Gasteiger partial charge on any atom is 0.337 e. The zero-order valence-corrected chi connectivity index (χ0v) is 17.1. The molecule has 0 aromatic heterocycles. The fourth-order valence-electron chi connectivity index (χ4n) is 4.19. The van der Waals surface area contributed by atoms with E-state index in [1.165, 1.54) is 13.4 Å². The number of aliphatic hydroxyl groups is 4. The minimum atomic E-state index is -1.58. The molecule has 11 nitrogen and oxygen atoms in total. The lowest BCUT2D eigenvalue weighted by molar-refractivity contribution is -0.353. The van der Waals surface area contributed by atoms with Crippen LogP contribution in [0.25, 0.3) is 0 Å². The number of hydrogen-bond acceptors (Lipinski definition) is 11. The van der Waals surface area contributed by atoms with Crippen molar-refractivity contribution < 1.29 is 53.6 Å². The highest BCUT2D eigenvalue weighted by Gasteiger charge is 2.51. The van der Waals surface area contributed by atoms with Crippen LogP contribution in [0.5, 0.6) is 0 Å². The highest BCUT2D eigenvalue weighted by Crippen LogP contribution is 2.43. The smallest absolute Gasteiger partial charge is 0.337 e. The van der Waals surface area contributed by atoms with Gasteiger partial charge in [-0.3, -0.25) is 0 Å². The van der Waals surface area contributed by atoms with Gasteiger partial charge in [0.15, 0.2) is 12.6 Å². The van der Waals surface area contributed by atoms with E-state index in [0.29, 0.717) is 18.6 Å². The van der Waals surface area contributed by atoms with Crippen LogP contribution in [0.4, 0.5) is 0 Å². The lowest BCUT2D eigenvalue weighted by Gasteiger charge is -2.47. The van der Waals surface area contributed by atoms with E-state index >= 15 is 0 Å². The molecule has 0 radical (unpaired) electrons. The molecule has 10 atom stereocenters. The molecule has 3 rings (SSSR count). The molecule has 3 aliphatic heterocycles. The molecule has 0 aliphatic carbocycles. The van der Waals surface area contributed by atoms with Gasteiger partial charge in [-0.15, -0.1) is 0 Å². The molecule has 0 bridgehead atoms. The first-order chi connectivity index (χ1) is 14.3. The molecule has 0 spiro atoms. The third-order valence-electron chi connectivity index (χ3n) is 5.75. The molecule has 11 heteroatoms. The Labute approximate surface area is 174 Å². The first kappa shape index (κ1) is 23.4. The number of esters is 1. The Morgan fingerprint density at radius 1 is 1.17 bits per heavy atom. The summed E-state index contributed by atoms with van der Waals surface area (Å²) in [5.41, 5.74) is 0.316. The summed E-state index contributed by atoms with van der Waals surface area (Å²) >= 11 is 0. The highest BCUT2D eigenvalue weighted by atomic mass is 16.8. The van der Waals surface area contributed by atoms with Crippen molar-refractivity contribution in [2.45, 2.75) is 69.7 Å². The largest absolute Gasteiger partial charge is 0.471 e. The van der Waals surface area contributed by atoms with E-state index < -0.39 is 67.9 Å². The Morgan fingerprint density at radius 2 is 1.90 bits per heavy atom. The third-order valence-corrected chi connectivity index (χ3v) is 5.75. The summed E-state index contributed by atoms with van der Waals surface area (Å²) < 4.78 is 33.2. The monoisotopic (exact) mass is 434 g/mol. The average molecular weight is 434 g/mol. The van der Waals surface area contributed by atoms with Gasteiger partial charge in [0.1, 0.15) is 24.4 Å². The van der Waals surface area contributed by atoms with Gasteiger partial charge in [-0.2, -0.15) is 0 Å². The summed E-state index contributed by atoms with van der Waals surface area (Å²) in [6.45, 7) is 3.49. The number of hydrogen-bond donors (Lipinski definition) is 4. The van der Waals surface area contributed by atoms with Gasteiger partial charge in [-0.05, 0) is 13.8 Å². The zero-order valence-electron chi connectivity index (χ0n) is 17.1. The van der Waals surface area contributed by atoms with E-state index in [9.17, 15) is 25.2 Å². The van der Waals surface area contributed by atoms with Gasteiger partial charge in [-0.25, -0.2) is 4.79 Å². The van der Waals surface area contributed by atoms with Gasteiger partial charge in [-0.1, -0.05) is 0 Å². The van der Waals surface area contributed by atoms with Gasteiger partial charge in [0.05, 0.1) is 37.6 Å². The molecule has 30 heavy (non-hydrogen) atoms. The van der Waals surface area contributed by atoms with Crippen molar-refractivity contribution in [3.8, 4) is 0 Å². The summed E-state index contributed by atoms with van der Waals surface area (Å²) in [6, 6.07) is 0. The molecule has 172 valence electrons. The van der Waals surface area contributed by atoms with Crippen LogP contribution in [0.15, 0.2) is 11.8 Å². The van der Waals surface area contributed by atoms with Gasteiger partial charge < -0.3 is 48.8 Å². The lowest BCUT2D eigenvalue weighted by Crippen LogP contribution is -2.61. The number of carbonyl (C=O) groups excluding carboxylic acids is 1. The van der Waals surface area contributed by atoms with Crippen LogP contribution in [0.2, 0.25) is 0 Å². The summed E-state index contributed by atoms with van der Waals surface area (Å²) in [5, 5.41) is 39.6. The topological polar surface area (TPSA) is 153 Å². The molecule has 3 heterocycles. The Morgan fingerprint density at radius 3 is 2.53 bits per heavy atom. The van der Waals surface area contributed by atoms with Crippen molar-refractivity contribution in [2.75, 3.05) is 20.3 Å². The Balaban J connectivity index is 1.82. The number of ether oxygens (including phenoxy) is 6. The summed E-state index contributed by atoms with van der Waals surface area (Å²) in [5.74, 6) is -1.39. The molecule has 2 saturated heterocycles. The summed E-state index contributed by atoms with van der Waals surface area (Å²) in [7, 11) is 1.28. The van der Waals surface area contributed by atoms with Crippen LogP contribution in [0.1, 0.15) is 20.3 Å². The molecule has 0 aromatic carbocycles. The maximum absolute atomic E-state index is 12.3. The lowest BCUT2D eigenvalue weighted by atomic mass is 9.77. The number of carbonyl (C=O) groups is 1. The molecule has 4 N–H and O–H groups in total. The van der Waals surface area contributed by atoms with Gasteiger partial charge >= 0.3 is 5.97 Å². The SMILES string of the molecule is CCOC1C[C@@H]2C(C(=O)OC)=CO[C@@H](O[C@@H]3O[C@H](CO)[C@@H](O)[C@H](O)[C@H]3O)[C@@H]2[C@@H](C)O1. The van der Waals surface area contributed by atoms with E-state index in [-0.39, 0.29) is 5.92 Å². The summed E-state index contributed by atoms with van der Waals surface area (Å²) in [4.78, 5) is 12.3. The molecule has 2 fully saturated rings. The molecular weight excluding hydrogens is 404 g/mol. The zero-order chi connectivity index (χ0) is 22.0. The second kappa shape index (κ2) is 9.88. The quantitative estimate of drug-likeness (QED) is 0.366. The van der Waals surface area contributed by atoms with E-state index in [1.807, 2.05) is 6.92 Å². The second-order valence-corrected chi connectivity index (χ2v) is 7.55. The highest BCUT2D eigenvalue weighted by molar-refractivity contribution is 5.88. The average Bonchev–Trinajstić information content (AvgIpc) is 2.73. The predicted octanol–water partition coefficient (Wildman–Crippen LogP) is -1.38. The fraction of sp³-hybridized carbons (Fsp3) is 0.842. The number of rotatable bonds is 6. The van der Waals surface area contributed by atoms with Crippen LogP contribution in [-0.2, 0) is 33.2 Å². The maximum atomic E-state index is 12.3. The Kier molecular flexibility index (Phi) is 7.69. The van der Waals surface area contributed by atoms with E-state index in [0.717, 1.165) is 0 Å². The van der Waals surface area contributed by atoms with Gasteiger partial charge in [0.2, 0.25) is 6.29 Å². The third kappa shape index (κ3) is 4.48. The number of fused-ring (bicyclic) bond motifs is 1. The fourth-order valence-corrected chi connectivity index (χ4v) is 4.19. The minimum Gasteiger partial charge on any atom is -0.471 e. The minimum absolute atomic E-state index is 0.316. The van der Waals surface area contributed by atoms with Crippen molar-refractivity contribution in [1.82, 2.24) is 0 Å². The normalized spacial score (nSPS) is 43.9. The van der Waals surface area contributed by atoms with Gasteiger partial charge in [0, 0.05) is 18.9 Å². The van der Waals surface area contributed by atoms with Crippen molar-refractivity contribution in [3.63, 3.8) is 0 Å². The Bertz CT molecular complexity index is 624. The second-order valence-electron chi connectivity index (χ2n) is 7.55. The van der Waals surface area contributed by atoms with E-state index in [2.05, 4.69) is 0 Å². The van der Waals surface area contributed by atoms with Crippen molar-refractivity contribution >= 4 is 5.97 Å². The standard InChI is InChI=1S/C19H30O11/c1-4-26-12-5-9-10(17(24)25-3)7-27-18(13(9)8(2)28-12)30-19-16(23)15(22)14(21)11(6-20)29-19/h7-9,11-16,18-23H,4-6H2,1-3H3/t8-,9-,11-,12?,13-,14-,15+,16-,18+,19+/m1/s1. The van der Waals surface area contributed by atoms with Crippen molar-refractivity contribution in [3.05, 3.63) is 11.8 Å². The number of methoxy groups -OCH3 is 1. The van der Waals surface area contributed by atoms with E-state index in [4.69, 9.17) is 28.4 Å². The molecule has 0 aromatic rings. The van der Waals surface area contributed by atoms with Crippen molar-refractivity contribution in [1.29, 1.82) is 0 Å². The number of aliphatic hydroxyl groups excluding tert-OH is 4. The molecular formula is C19H30O11. The molecule has 0 saturated carbocycles. The molecule has 3 aliphatic rings. The molecule has 1 unspecified atom stereocenters.